The van der Waals surface area contributed by atoms with Crippen LogP contribution in [0.1, 0.15) is 32.6 Å². The van der Waals surface area contributed by atoms with Crippen LogP contribution in [-0.4, -0.2) is 25.0 Å². The molecule has 1 aliphatic carbocycles. The number of piperidine rings is 1. The van der Waals surface area contributed by atoms with E-state index in [1.165, 1.54) is 38.8 Å². The number of rotatable bonds is 0. The van der Waals surface area contributed by atoms with Crippen molar-refractivity contribution in [2.45, 2.75) is 32.6 Å². The van der Waals surface area contributed by atoms with E-state index in [-0.39, 0.29) is 0 Å². The van der Waals surface area contributed by atoms with Gasteiger partial charge < -0.3 is 4.90 Å². The van der Waals surface area contributed by atoms with Crippen LogP contribution in [0.2, 0.25) is 0 Å². The molecule has 1 spiro atoms. The van der Waals surface area contributed by atoms with Gasteiger partial charge in [0, 0.05) is 0 Å². The molecule has 0 amide bonds. The lowest BCUT2D eigenvalue weighted by molar-refractivity contribution is -0.0182. The summed E-state index contributed by atoms with van der Waals surface area (Å²) >= 11 is 0. The second-order valence-corrected chi connectivity index (χ2v) is 4.61. The fourth-order valence-corrected chi connectivity index (χ4v) is 2.65. The van der Waals surface area contributed by atoms with Crippen molar-refractivity contribution in [1.29, 1.82) is 0 Å². The molecule has 2 fully saturated rings. The zero-order valence-corrected chi connectivity index (χ0v) is 7.77. The Labute approximate surface area is 69.8 Å². The molecule has 1 nitrogen and oxygen atoms in total. The summed E-state index contributed by atoms with van der Waals surface area (Å²) in [6.07, 6.45) is 5.93. The summed E-state index contributed by atoms with van der Waals surface area (Å²) in [5, 5.41) is 0. The molecule has 0 aromatic heterocycles. The van der Waals surface area contributed by atoms with E-state index in [1.807, 2.05) is 0 Å². The van der Waals surface area contributed by atoms with Gasteiger partial charge in [-0.2, -0.15) is 0 Å². The Morgan fingerprint density at radius 1 is 1.18 bits per heavy atom. The van der Waals surface area contributed by atoms with Gasteiger partial charge in [0.05, 0.1) is 0 Å². The van der Waals surface area contributed by atoms with Crippen LogP contribution in [-0.2, 0) is 0 Å². The molecule has 0 N–H and O–H groups in total. The third kappa shape index (κ3) is 1.10. The van der Waals surface area contributed by atoms with Gasteiger partial charge in [0.1, 0.15) is 0 Å². The van der Waals surface area contributed by atoms with Gasteiger partial charge in [-0.05, 0) is 57.2 Å². The monoisotopic (exact) mass is 153 g/mol. The largest absolute Gasteiger partial charge is 0.306 e. The van der Waals surface area contributed by atoms with Crippen molar-refractivity contribution in [2.24, 2.45) is 11.3 Å². The molecule has 2 aliphatic rings. The maximum atomic E-state index is 2.47. The minimum atomic E-state index is 0.798. The van der Waals surface area contributed by atoms with E-state index in [2.05, 4.69) is 18.9 Å². The van der Waals surface area contributed by atoms with Crippen LogP contribution in [0, 0.1) is 11.3 Å². The van der Waals surface area contributed by atoms with Crippen molar-refractivity contribution in [2.75, 3.05) is 20.1 Å². The van der Waals surface area contributed by atoms with E-state index >= 15 is 0 Å². The SMILES string of the molecule is C[C@H]1CCC12CCN(C)CC2. The summed E-state index contributed by atoms with van der Waals surface area (Å²) < 4.78 is 0. The maximum absolute atomic E-state index is 2.47. The van der Waals surface area contributed by atoms with E-state index in [0.29, 0.717) is 0 Å². The molecule has 0 bridgehead atoms. The zero-order chi connectivity index (χ0) is 7.90. The van der Waals surface area contributed by atoms with Gasteiger partial charge in [-0.25, -0.2) is 0 Å². The second kappa shape index (κ2) is 2.48. The fourth-order valence-electron chi connectivity index (χ4n) is 2.65. The molecule has 0 radical (unpaired) electrons. The molecule has 11 heavy (non-hydrogen) atoms. The van der Waals surface area contributed by atoms with Gasteiger partial charge >= 0.3 is 0 Å². The molecule has 0 unspecified atom stereocenters. The predicted molar refractivity (Wildman–Crippen MR) is 47.6 cm³/mol. The molecule has 64 valence electrons. The summed E-state index contributed by atoms with van der Waals surface area (Å²) in [5.41, 5.74) is 0.798. The van der Waals surface area contributed by atoms with Crippen molar-refractivity contribution in [3.05, 3.63) is 0 Å². The maximum Gasteiger partial charge on any atom is -0.00164 e. The fraction of sp³-hybridized carbons (Fsp3) is 1.00. The van der Waals surface area contributed by atoms with Crippen LogP contribution in [0.15, 0.2) is 0 Å². The number of hydrogen-bond acceptors (Lipinski definition) is 1. The molecule has 0 aromatic rings. The van der Waals surface area contributed by atoms with Crippen molar-refractivity contribution < 1.29 is 0 Å². The van der Waals surface area contributed by atoms with Crippen LogP contribution in [0.5, 0.6) is 0 Å². The summed E-state index contributed by atoms with van der Waals surface area (Å²) in [7, 11) is 2.25. The normalized spacial score (nSPS) is 37.1. The average Bonchev–Trinajstić information content (AvgIpc) is 2.03. The van der Waals surface area contributed by atoms with Crippen molar-refractivity contribution >= 4 is 0 Å². The lowest BCUT2D eigenvalue weighted by Crippen LogP contribution is -2.47. The smallest absolute Gasteiger partial charge is 0.00164 e. The third-order valence-electron chi connectivity index (χ3n) is 4.10. The van der Waals surface area contributed by atoms with Crippen LogP contribution >= 0.6 is 0 Å². The summed E-state index contributed by atoms with van der Waals surface area (Å²) in [4.78, 5) is 2.47. The van der Waals surface area contributed by atoms with Crippen molar-refractivity contribution in [1.82, 2.24) is 4.90 Å². The van der Waals surface area contributed by atoms with Gasteiger partial charge in [0.15, 0.2) is 0 Å². The van der Waals surface area contributed by atoms with Crippen LogP contribution in [0.3, 0.4) is 0 Å². The molecular weight excluding hydrogens is 134 g/mol. The van der Waals surface area contributed by atoms with Gasteiger partial charge in [0.25, 0.3) is 0 Å². The first kappa shape index (κ1) is 7.60. The van der Waals surface area contributed by atoms with Gasteiger partial charge in [-0.15, -0.1) is 0 Å². The molecule has 1 atom stereocenters. The quantitative estimate of drug-likeness (QED) is 0.515. The highest BCUT2D eigenvalue weighted by Crippen LogP contribution is 2.53. The minimum Gasteiger partial charge on any atom is -0.306 e. The molecule has 1 saturated heterocycles. The Morgan fingerprint density at radius 3 is 2.18 bits per heavy atom. The van der Waals surface area contributed by atoms with Gasteiger partial charge in [-0.3, -0.25) is 0 Å². The molecule has 0 aromatic carbocycles. The van der Waals surface area contributed by atoms with Crippen LogP contribution < -0.4 is 0 Å². The lowest BCUT2D eigenvalue weighted by atomic mass is 9.56. The van der Waals surface area contributed by atoms with E-state index < -0.39 is 0 Å². The number of nitrogens with zero attached hydrogens (tertiary/aromatic N) is 1. The Kier molecular flexibility index (Phi) is 1.71. The first-order chi connectivity index (χ1) is 5.23. The van der Waals surface area contributed by atoms with E-state index in [0.717, 1.165) is 11.3 Å². The Morgan fingerprint density at radius 2 is 1.82 bits per heavy atom. The summed E-state index contributed by atoms with van der Waals surface area (Å²) in [6, 6.07) is 0. The Hall–Kier alpha value is -0.0400. The average molecular weight is 153 g/mol. The standard InChI is InChI=1S/C10H19N/c1-9-3-4-10(9)5-7-11(2)8-6-10/h9H,3-8H2,1-2H3/t9-/m0/s1. The highest BCUT2D eigenvalue weighted by atomic mass is 15.1. The molecule has 1 heterocycles. The minimum absolute atomic E-state index is 0.798. The molecule has 1 heteroatoms. The molecule has 1 saturated carbocycles. The summed E-state index contributed by atoms with van der Waals surface area (Å²) in [5.74, 6) is 1.02. The first-order valence-corrected chi connectivity index (χ1v) is 4.91. The van der Waals surface area contributed by atoms with Gasteiger partial charge in [0.2, 0.25) is 0 Å². The Bertz CT molecular complexity index is 145. The Balaban J connectivity index is 1.96. The van der Waals surface area contributed by atoms with Crippen LogP contribution in [0.25, 0.3) is 0 Å². The molecular formula is C10H19N. The topological polar surface area (TPSA) is 3.24 Å². The highest BCUT2D eigenvalue weighted by Gasteiger charge is 2.44. The van der Waals surface area contributed by atoms with Crippen molar-refractivity contribution in [3.8, 4) is 0 Å². The highest BCUT2D eigenvalue weighted by molar-refractivity contribution is 4.96. The van der Waals surface area contributed by atoms with Gasteiger partial charge in [-0.1, -0.05) is 6.92 Å². The third-order valence-corrected chi connectivity index (χ3v) is 4.10. The predicted octanol–water partition coefficient (Wildman–Crippen LogP) is 2.13. The van der Waals surface area contributed by atoms with E-state index in [9.17, 15) is 0 Å². The van der Waals surface area contributed by atoms with E-state index in [4.69, 9.17) is 0 Å². The number of hydrogen-bond donors (Lipinski definition) is 0. The van der Waals surface area contributed by atoms with Crippen molar-refractivity contribution in [3.63, 3.8) is 0 Å². The first-order valence-electron chi connectivity index (χ1n) is 4.91. The molecule has 2 rings (SSSR count). The summed E-state index contributed by atoms with van der Waals surface area (Å²) in [6.45, 7) is 5.11. The second-order valence-electron chi connectivity index (χ2n) is 4.61. The lowest BCUT2D eigenvalue weighted by Gasteiger charge is -2.52. The van der Waals surface area contributed by atoms with Crippen LogP contribution in [0.4, 0.5) is 0 Å². The molecule has 1 aliphatic heterocycles. The number of likely N-dealkylation sites (tertiary alicyclic amines) is 1. The zero-order valence-electron chi connectivity index (χ0n) is 7.77. The van der Waals surface area contributed by atoms with E-state index in [1.54, 1.807) is 0 Å².